The minimum absolute atomic E-state index is 0.0153. The van der Waals surface area contributed by atoms with Gasteiger partial charge < -0.3 is 15.7 Å². The number of aromatic hydroxyl groups is 1. The van der Waals surface area contributed by atoms with Crippen LogP contribution >= 0.6 is 0 Å². The highest BCUT2D eigenvalue weighted by molar-refractivity contribution is 5.82. The van der Waals surface area contributed by atoms with E-state index in [0.29, 0.717) is 0 Å². The summed E-state index contributed by atoms with van der Waals surface area (Å²) in [5.74, 6) is 0.251. The average molecular weight is 234 g/mol. The number of phenols is 1. The number of carbonyl (C=O) groups is 1. The molecule has 0 bridgehead atoms. The Morgan fingerprint density at radius 1 is 1.53 bits per heavy atom. The topological polar surface area (TPSA) is 66.6 Å². The first-order chi connectivity index (χ1) is 8.02. The molecular formula is C13H18N2O2. The molecule has 1 amide bonds. The van der Waals surface area contributed by atoms with Gasteiger partial charge in [-0.05, 0) is 19.4 Å². The lowest BCUT2D eigenvalue weighted by Crippen LogP contribution is -2.32. The number of hydrogen-bond donors (Lipinski definition) is 2. The molecule has 2 rings (SSSR count). The molecule has 4 heteroatoms. The lowest BCUT2D eigenvalue weighted by atomic mass is 10.1. The molecule has 92 valence electrons. The summed E-state index contributed by atoms with van der Waals surface area (Å²) in [6.45, 7) is 1.90. The Morgan fingerprint density at radius 3 is 2.65 bits per heavy atom. The SMILES string of the molecule is CC(c1ccccc1O)N(C)C(=O)C1CC1N. The highest BCUT2D eigenvalue weighted by atomic mass is 16.3. The van der Waals surface area contributed by atoms with Crippen molar-refractivity contribution in [2.24, 2.45) is 11.7 Å². The van der Waals surface area contributed by atoms with Crippen molar-refractivity contribution in [3.63, 3.8) is 0 Å². The van der Waals surface area contributed by atoms with E-state index in [1.54, 1.807) is 24.1 Å². The fourth-order valence-corrected chi connectivity index (χ4v) is 2.00. The zero-order valence-electron chi connectivity index (χ0n) is 10.1. The molecule has 1 aliphatic rings. The van der Waals surface area contributed by atoms with Crippen LogP contribution in [0.4, 0.5) is 0 Å². The maximum Gasteiger partial charge on any atom is 0.227 e. The molecule has 0 spiro atoms. The number of benzene rings is 1. The third-order valence-electron chi connectivity index (χ3n) is 3.47. The predicted octanol–water partition coefficient (Wildman–Crippen LogP) is 1.26. The van der Waals surface area contributed by atoms with E-state index in [0.717, 1.165) is 12.0 Å². The molecule has 1 aromatic rings. The van der Waals surface area contributed by atoms with Crippen LogP contribution in [0.25, 0.3) is 0 Å². The first kappa shape index (κ1) is 11.9. The number of rotatable bonds is 3. The summed E-state index contributed by atoms with van der Waals surface area (Å²) >= 11 is 0. The quantitative estimate of drug-likeness (QED) is 0.827. The van der Waals surface area contributed by atoms with Gasteiger partial charge in [-0.3, -0.25) is 4.79 Å². The number of hydrogen-bond acceptors (Lipinski definition) is 3. The van der Waals surface area contributed by atoms with E-state index in [2.05, 4.69) is 0 Å². The molecule has 1 aromatic carbocycles. The van der Waals surface area contributed by atoms with Gasteiger partial charge in [0.25, 0.3) is 0 Å². The molecule has 1 aliphatic carbocycles. The van der Waals surface area contributed by atoms with Crippen LogP contribution in [0.5, 0.6) is 5.75 Å². The largest absolute Gasteiger partial charge is 0.508 e. The van der Waals surface area contributed by atoms with Crippen molar-refractivity contribution in [3.8, 4) is 5.75 Å². The van der Waals surface area contributed by atoms with Crippen LogP contribution in [-0.2, 0) is 4.79 Å². The van der Waals surface area contributed by atoms with E-state index >= 15 is 0 Å². The van der Waals surface area contributed by atoms with Crippen molar-refractivity contribution in [2.45, 2.75) is 25.4 Å². The number of amides is 1. The van der Waals surface area contributed by atoms with E-state index in [4.69, 9.17) is 5.73 Å². The molecule has 3 N–H and O–H groups in total. The van der Waals surface area contributed by atoms with Crippen molar-refractivity contribution in [1.82, 2.24) is 4.90 Å². The summed E-state index contributed by atoms with van der Waals surface area (Å²) in [6.07, 6.45) is 0.774. The van der Waals surface area contributed by atoms with Crippen molar-refractivity contribution in [1.29, 1.82) is 0 Å². The van der Waals surface area contributed by atoms with E-state index in [1.165, 1.54) is 0 Å². The van der Waals surface area contributed by atoms with Crippen LogP contribution < -0.4 is 5.73 Å². The van der Waals surface area contributed by atoms with E-state index < -0.39 is 0 Å². The third-order valence-corrected chi connectivity index (χ3v) is 3.47. The fraction of sp³-hybridized carbons (Fsp3) is 0.462. The Labute approximate surface area is 101 Å². The number of nitrogens with two attached hydrogens (primary N) is 1. The normalized spacial score (nSPS) is 24.2. The summed E-state index contributed by atoms with van der Waals surface area (Å²) in [7, 11) is 1.75. The van der Waals surface area contributed by atoms with Crippen LogP contribution in [0, 0.1) is 5.92 Å². The Hall–Kier alpha value is -1.55. The van der Waals surface area contributed by atoms with Gasteiger partial charge >= 0.3 is 0 Å². The fourth-order valence-electron chi connectivity index (χ4n) is 2.00. The minimum Gasteiger partial charge on any atom is -0.508 e. The smallest absolute Gasteiger partial charge is 0.227 e. The standard InChI is InChI=1S/C13H18N2O2/c1-8(9-5-3-4-6-12(9)16)15(2)13(17)10-7-11(10)14/h3-6,8,10-11,16H,7,14H2,1-2H3. The van der Waals surface area contributed by atoms with Crippen LogP contribution in [0.2, 0.25) is 0 Å². The number of carbonyl (C=O) groups excluding carboxylic acids is 1. The zero-order valence-corrected chi connectivity index (χ0v) is 10.1. The van der Waals surface area contributed by atoms with Gasteiger partial charge in [-0.1, -0.05) is 18.2 Å². The second-order valence-electron chi connectivity index (χ2n) is 4.69. The first-order valence-electron chi connectivity index (χ1n) is 5.82. The molecule has 3 atom stereocenters. The van der Waals surface area contributed by atoms with Crippen molar-refractivity contribution in [3.05, 3.63) is 29.8 Å². The van der Waals surface area contributed by atoms with Crippen molar-refractivity contribution >= 4 is 5.91 Å². The van der Waals surface area contributed by atoms with Crippen LogP contribution in [0.1, 0.15) is 24.9 Å². The maximum atomic E-state index is 12.0. The molecule has 1 saturated carbocycles. The van der Waals surface area contributed by atoms with Crippen molar-refractivity contribution < 1.29 is 9.90 Å². The highest BCUT2D eigenvalue weighted by Gasteiger charge is 2.42. The van der Waals surface area contributed by atoms with Gasteiger partial charge in [0.15, 0.2) is 0 Å². The van der Waals surface area contributed by atoms with Gasteiger partial charge in [0.05, 0.1) is 12.0 Å². The molecule has 0 radical (unpaired) electrons. The molecule has 0 aliphatic heterocycles. The molecule has 0 saturated heterocycles. The average Bonchev–Trinajstić information content (AvgIpc) is 3.04. The molecule has 1 fully saturated rings. The highest BCUT2D eigenvalue weighted by Crippen LogP contribution is 2.34. The first-order valence-corrected chi connectivity index (χ1v) is 5.82. The van der Waals surface area contributed by atoms with Crippen LogP contribution in [0.3, 0.4) is 0 Å². The second-order valence-corrected chi connectivity index (χ2v) is 4.69. The van der Waals surface area contributed by atoms with Gasteiger partial charge in [-0.25, -0.2) is 0 Å². The Morgan fingerprint density at radius 2 is 2.12 bits per heavy atom. The summed E-state index contributed by atoms with van der Waals surface area (Å²) in [5.41, 5.74) is 6.44. The summed E-state index contributed by atoms with van der Waals surface area (Å²) in [4.78, 5) is 13.7. The minimum atomic E-state index is -0.142. The summed E-state index contributed by atoms with van der Waals surface area (Å²) in [5, 5.41) is 9.76. The zero-order chi connectivity index (χ0) is 12.6. The Balaban J connectivity index is 2.12. The Bertz CT molecular complexity index is 433. The van der Waals surface area contributed by atoms with Crippen molar-refractivity contribution in [2.75, 3.05) is 7.05 Å². The Kier molecular flexibility index (Phi) is 3.07. The molecule has 3 unspecified atom stereocenters. The maximum absolute atomic E-state index is 12.0. The van der Waals surface area contributed by atoms with Crippen LogP contribution in [-0.4, -0.2) is 29.0 Å². The van der Waals surface area contributed by atoms with Gasteiger partial charge in [-0.15, -0.1) is 0 Å². The predicted molar refractivity (Wildman–Crippen MR) is 65.4 cm³/mol. The number of nitrogens with zero attached hydrogens (tertiary/aromatic N) is 1. The molecule has 4 nitrogen and oxygen atoms in total. The molecule has 0 aromatic heterocycles. The van der Waals surface area contributed by atoms with Gasteiger partial charge in [0.2, 0.25) is 5.91 Å². The molecule has 17 heavy (non-hydrogen) atoms. The summed E-state index contributed by atoms with van der Waals surface area (Å²) in [6, 6.07) is 6.96. The number of phenolic OH excluding ortho intramolecular Hbond substituents is 1. The van der Waals surface area contributed by atoms with E-state index in [-0.39, 0.29) is 29.7 Å². The number of para-hydroxylation sites is 1. The lowest BCUT2D eigenvalue weighted by Gasteiger charge is -2.26. The van der Waals surface area contributed by atoms with Gasteiger partial charge in [-0.2, -0.15) is 0 Å². The lowest BCUT2D eigenvalue weighted by molar-refractivity contribution is -0.133. The second kappa shape index (κ2) is 4.37. The monoisotopic (exact) mass is 234 g/mol. The third kappa shape index (κ3) is 2.26. The van der Waals surface area contributed by atoms with E-state index in [9.17, 15) is 9.90 Å². The van der Waals surface area contributed by atoms with E-state index in [1.807, 2.05) is 19.1 Å². The van der Waals surface area contributed by atoms with Gasteiger partial charge in [0.1, 0.15) is 5.75 Å². The summed E-state index contributed by atoms with van der Waals surface area (Å²) < 4.78 is 0. The van der Waals surface area contributed by atoms with Crippen LogP contribution in [0.15, 0.2) is 24.3 Å². The molecule has 0 heterocycles. The van der Waals surface area contributed by atoms with Gasteiger partial charge in [0, 0.05) is 18.7 Å². The molecular weight excluding hydrogens is 216 g/mol.